The van der Waals surface area contributed by atoms with E-state index in [4.69, 9.17) is 18.9 Å². The number of nitrogens with one attached hydrogen (secondary N) is 1. The molecule has 3 rings (SSSR count). The van der Waals surface area contributed by atoms with E-state index in [0.717, 1.165) is 4.47 Å². The van der Waals surface area contributed by atoms with Crippen molar-refractivity contribution in [2.24, 2.45) is 5.10 Å². The first-order chi connectivity index (χ1) is 12.1. The topological polar surface area (TPSA) is 78.4 Å². The van der Waals surface area contributed by atoms with Crippen LogP contribution in [-0.2, 0) is 0 Å². The van der Waals surface area contributed by atoms with Crippen LogP contribution in [-0.4, -0.2) is 33.1 Å². The molecule has 2 aromatic carbocycles. The van der Waals surface area contributed by atoms with Gasteiger partial charge < -0.3 is 18.9 Å². The number of carbonyl (C=O) groups excluding carboxylic acids is 1. The van der Waals surface area contributed by atoms with Crippen LogP contribution in [0.2, 0.25) is 0 Å². The largest absolute Gasteiger partial charge is 0.496 e. The summed E-state index contributed by atoms with van der Waals surface area (Å²) in [5.74, 6) is 2.01. The minimum Gasteiger partial charge on any atom is -0.496 e. The maximum Gasteiger partial charge on any atom is 0.271 e. The predicted molar refractivity (Wildman–Crippen MR) is 94.9 cm³/mol. The van der Waals surface area contributed by atoms with E-state index >= 15 is 0 Å². The van der Waals surface area contributed by atoms with Crippen LogP contribution >= 0.6 is 15.9 Å². The summed E-state index contributed by atoms with van der Waals surface area (Å²) >= 11 is 3.40. The van der Waals surface area contributed by atoms with E-state index in [-0.39, 0.29) is 12.7 Å². The van der Waals surface area contributed by atoms with Crippen LogP contribution in [0.1, 0.15) is 15.9 Å². The molecule has 2 aromatic rings. The molecule has 0 atom stereocenters. The maximum atomic E-state index is 12.2. The lowest BCUT2D eigenvalue weighted by molar-refractivity contribution is 0.0954. The third-order valence-electron chi connectivity index (χ3n) is 3.51. The van der Waals surface area contributed by atoms with Gasteiger partial charge in [0.2, 0.25) is 6.79 Å². The smallest absolute Gasteiger partial charge is 0.271 e. The number of methoxy groups -OCH3 is 2. The summed E-state index contributed by atoms with van der Waals surface area (Å²) in [5, 5.41) is 3.98. The highest BCUT2D eigenvalue weighted by Gasteiger charge is 2.16. The number of rotatable bonds is 5. The first-order valence-electron chi connectivity index (χ1n) is 7.27. The Morgan fingerprint density at radius 1 is 1.16 bits per heavy atom. The maximum absolute atomic E-state index is 12.2. The van der Waals surface area contributed by atoms with Crippen molar-refractivity contribution in [2.45, 2.75) is 0 Å². The summed E-state index contributed by atoms with van der Waals surface area (Å²) in [7, 11) is 3.12. The van der Waals surface area contributed by atoms with Gasteiger partial charge in [-0.2, -0.15) is 5.10 Å². The number of hydrazone groups is 1. The van der Waals surface area contributed by atoms with E-state index in [9.17, 15) is 4.79 Å². The SMILES string of the molecule is COc1cc(OC)c(/C=N\NC(=O)c2ccc3c(c2)OCO3)cc1Br. The Morgan fingerprint density at radius 3 is 2.68 bits per heavy atom. The summed E-state index contributed by atoms with van der Waals surface area (Å²) < 4.78 is 21.7. The molecule has 130 valence electrons. The number of hydrogen-bond acceptors (Lipinski definition) is 6. The Hall–Kier alpha value is -2.74. The minimum absolute atomic E-state index is 0.157. The molecule has 0 bridgehead atoms. The normalized spacial score (nSPS) is 12.3. The molecular weight excluding hydrogens is 392 g/mol. The molecule has 0 radical (unpaired) electrons. The Balaban J connectivity index is 1.72. The Kier molecular flexibility index (Phi) is 5.08. The summed E-state index contributed by atoms with van der Waals surface area (Å²) in [6.07, 6.45) is 1.49. The molecule has 1 aliphatic heterocycles. The average Bonchev–Trinajstić information content (AvgIpc) is 3.09. The number of hydrogen-bond donors (Lipinski definition) is 1. The van der Waals surface area contributed by atoms with E-state index < -0.39 is 0 Å². The van der Waals surface area contributed by atoms with Gasteiger partial charge in [-0.1, -0.05) is 0 Å². The number of benzene rings is 2. The standard InChI is InChI=1S/C17H15BrN2O5/c1-22-14-7-15(23-2)12(18)5-11(14)8-19-20-17(21)10-3-4-13-16(6-10)25-9-24-13/h3-8H,9H2,1-2H3,(H,20,21)/b19-8-. The predicted octanol–water partition coefficient (Wildman–Crippen LogP) is 2.96. The first-order valence-corrected chi connectivity index (χ1v) is 8.06. The quantitative estimate of drug-likeness (QED) is 0.609. The fourth-order valence-electron chi connectivity index (χ4n) is 2.25. The second-order valence-electron chi connectivity index (χ2n) is 5.00. The number of nitrogens with zero attached hydrogens (tertiary/aromatic N) is 1. The van der Waals surface area contributed by atoms with Gasteiger partial charge in [0.15, 0.2) is 11.5 Å². The zero-order chi connectivity index (χ0) is 17.8. The zero-order valence-electron chi connectivity index (χ0n) is 13.5. The summed E-state index contributed by atoms with van der Waals surface area (Å²) in [6, 6.07) is 8.45. The van der Waals surface area contributed by atoms with Crippen molar-refractivity contribution in [3.8, 4) is 23.0 Å². The summed E-state index contributed by atoms with van der Waals surface area (Å²) in [5.41, 5.74) is 3.57. The van der Waals surface area contributed by atoms with Gasteiger partial charge in [-0.15, -0.1) is 0 Å². The molecular formula is C17H15BrN2O5. The molecule has 8 heteroatoms. The molecule has 0 spiro atoms. The number of amides is 1. The van der Waals surface area contributed by atoms with Crippen LogP contribution in [0.4, 0.5) is 0 Å². The highest BCUT2D eigenvalue weighted by atomic mass is 79.9. The van der Waals surface area contributed by atoms with Crippen LogP contribution in [0.3, 0.4) is 0 Å². The monoisotopic (exact) mass is 406 g/mol. The van der Waals surface area contributed by atoms with Crippen LogP contribution in [0.15, 0.2) is 39.9 Å². The average molecular weight is 407 g/mol. The molecule has 0 aromatic heterocycles. The third kappa shape index (κ3) is 3.69. The Bertz CT molecular complexity index is 838. The second kappa shape index (κ2) is 7.43. The van der Waals surface area contributed by atoms with E-state index in [2.05, 4.69) is 26.5 Å². The van der Waals surface area contributed by atoms with Gasteiger partial charge in [0.1, 0.15) is 11.5 Å². The van der Waals surface area contributed by atoms with Crippen LogP contribution in [0, 0.1) is 0 Å². The molecule has 1 aliphatic rings. The van der Waals surface area contributed by atoms with Crippen molar-refractivity contribution < 1.29 is 23.7 Å². The first kappa shape index (κ1) is 17.1. The van der Waals surface area contributed by atoms with Gasteiger partial charge in [0.25, 0.3) is 5.91 Å². The molecule has 1 heterocycles. The minimum atomic E-state index is -0.360. The van der Waals surface area contributed by atoms with Gasteiger partial charge >= 0.3 is 0 Å². The Labute approximate surface area is 152 Å². The number of halogens is 1. The molecule has 7 nitrogen and oxygen atoms in total. The van der Waals surface area contributed by atoms with E-state index in [0.29, 0.717) is 34.1 Å². The lowest BCUT2D eigenvalue weighted by atomic mass is 10.2. The molecule has 0 unspecified atom stereocenters. The zero-order valence-corrected chi connectivity index (χ0v) is 15.1. The van der Waals surface area contributed by atoms with E-state index in [1.165, 1.54) is 6.21 Å². The van der Waals surface area contributed by atoms with Gasteiger partial charge in [-0.25, -0.2) is 5.43 Å². The van der Waals surface area contributed by atoms with Crippen LogP contribution < -0.4 is 24.4 Å². The molecule has 0 fully saturated rings. The molecule has 1 N–H and O–H groups in total. The molecule has 0 aliphatic carbocycles. The second-order valence-corrected chi connectivity index (χ2v) is 5.85. The Morgan fingerprint density at radius 2 is 1.92 bits per heavy atom. The van der Waals surface area contributed by atoms with E-state index in [1.807, 2.05) is 0 Å². The molecule has 1 amide bonds. The van der Waals surface area contributed by atoms with Gasteiger partial charge in [-0.3, -0.25) is 4.79 Å². The van der Waals surface area contributed by atoms with Crippen molar-refractivity contribution >= 4 is 28.1 Å². The molecule has 25 heavy (non-hydrogen) atoms. The van der Waals surface area contributed by atoms with Gasteiger partial charge in [0.05, 0.1) is 24.9 Å². The van der Waals surface area contributed by atoms with Crippen molar-refractivity contribution in [3.63, 3.8) is 0 Å². The van der Waals surface area contributed by atoms with Crippen molar-refractivity contribution in [3.05, 3.63) is 45.9 Å². The fourth-order valence-corrected chi connectivity index (χ4v) is 2.77. The fraction of sp³-hybridized carbons (Fsp3) is 0.176. The number of carbonyl (C=O) groups is 1. The van der Waals surface area contributed by atoms with Crippen LogP contribution in [0.5, 0.6) is 23.0 Å². The van der Waals surface area contributed by atoms with Crippen LogP contribution in [0.25, 0.3) is 0 Å². The highest BCUT2D eigenvalue weighted by molar-refractivity contribution is 9.10. The summed E-state index contributed by atoms with van der Waals surface area (Å²) in [4.78, 5) is 12.2. The number of fused-ring (bicyclic) bond motifs is 1. The van der Waals surface area contributed by atoms with Gasteiger partial charge in [-0.05, 0) is 40.2 Å². The molecule has 0 saturated heterocycles. The van der Waals surface area contributed by atoms with Crippen molar-refractivity contribution in [1.82, 2.24) is 5.43 Å². The molecule has 0 saturated carbocycles. The lowest BCUT2D eigenvalue weighted by Crippen LogP contribution is -2.17. The van der Waals surface area contributed by atoms with E-state index in [1.54, 1.807) is 44.6 Å². The number of ether oxygens (including phenoxy) is 4. The third-order valence-corrected chi connectivity index (χ3v) is 4.13. The van der Waals surface area contributed by atoms with Crippen molar-refractivity contribution in [2.75, 3.05) is 21.0 Å². The lowest BCUT2D eigenvalue weighted by Gasteiger charge is -2.09. The highest BCUT2D eigenvalue weighted by Crippen LogP contribution is 2.33. The van der Waals surface area contributed by atoms with Gasteiger partial charge in [0, 0.05) is 17.2 Å². The van der Waals surface area contributed by atoms with Crippen molar-refractivity contribution in [1.29, 1.82) is 0 Å². The summed E-state index contributed by atoms with van der Waals surface area (Å²) in [6.45, 7) is 0.157.